The van der Waals surface area contributed by atoms with Crippen LogP contribution in [-0.2, 0) is 0 Å². The lowest BCUT2D eigenvalue weighted by atomic mass is 10.1. The first-order chi connectivity index (χ1) is 7.30. The van der Waals surface area contributed by atoms with Gasteiger partial charge in [0.2, 0.25) is 0 Å². The number of benzene rings is 1. The molecular formula is C13H17NO. The summed E-state index contributed by atoms with van der Waals surface area (Å²) in [7, 11) is 0. The highest BCUT2D eigenvalue weighted by Gasteiger charge is 2.04. The smallest absolute Gasteiger partial charge is 0.119 e. The van der Waals surface area contributed by atoms with Crippen LogP contribution in [-0.4, -0.2) is 6.61 Å². The van der Waals surface area contributed by atoms with Crippen molar-refractivity contribution in [2.75, 3.05) is 6.61 Å². The minimum Gasteiger partial charge on any atom is -0.493 e. The molecule has 2 heteroatoms. The summed E-state index contributed by atoms with van der Waals surface area (Å²) in [6.07, 6.45) is 2.29. The molecule has 0 unspecified atom stereocenters. The van der Waals surface area contributed by atoms with E-state index in [0.29, 0.717) is 11.5 Å². The highest BCUT2D eigenvalue weighted by molar-refractivity contribution is 5.34. The number of rotatable bonds is 5. The second-order valence-electron chi connectivity index (χ2n) is 3.63. The van der Waals surface area contributed by atoms with Gasteiger partial charge in [-0.2, -0.15) is 5.26 Å². The van der Waals surface area contributed by atoms with Gasteiger partial charge in [-0.1, -0.05) is 26.7 Å². The van der Waals surface area contributed by atoms with Gasteiger partial charge in [0, 0.05) is 0 Å². The average Bonchev–Trinajstić information content (AvgIpc) is 2.31. The van der Waals surface area contributed by atoms with Crippen molar-refractivity contribution in [1.82, 2.24) is 0 Å². The molecule has 0 spiro atoms. The van der Waals surface area contributed by atoms with Crippen molar-refractivity contribution in [2.45, 2.75) is 26.7 Å². The lowest BCUT2D eigenvalue weighted by molar-refractivity contribution is 0.240. The van der Waals surface area contributed by atoms with E-state index in [0.717, 1.165) is 25.2 Å². The highest BCUT2D eigenvalue weighted by Crippen LogP contribution is 2.15. The van der Waals surface area contributed by atoms with Gasteiger partial charge in [-0.05, 0) is 30.2 Å². The van der Waals surface area contributed by atoms with Gasteiger partial charge in [0.1, 0.15) is 5.75 Å². The summed E-state index contributed by atoms with van der Waals surface area (Å²) < 4.78 is 5.64. The summed E-state index contributed by atoms with van der Waals surface area (Å²) >= 11 is 0. The summed E-state index contributed by atoms with van der Waals surface area (Å²) in [6.45, 7) is 5.12. The molecule has 15 heavy (non-hydrogen) atoms. The number of nitriles is 1. The predicted molar refractivity (Wildman–Crippen MR) is 60.7 cm³/mol. The number of nitrogens with zero attached hydrogens (tertiary/aromatic N) is 1. The molecule has 0 saturated heterocycles. The second-order valence-corrected chi connectivity index (χ2v) is 3.63. The Hall–Kier alpha value is -1.49. The molecular weight excluding hydrogens is 186 g/mol. The van der Waals surface area contributed by atoms with Crippen LogP contribution in [0.4, 0.5) is 0 Å². The minimum atomic E-state index is 0.626. The first-order valence-corrected chi connectivity index (χ1v) is 5.43. The van der Waals surface area contributed by atoms with E-state index in [2.05, 4.69) is 19.9 Å². The molecule has 1 rings (SSSR count). The van der Waals surface area contributed by atoms with Crippen LogP contribution in [0.1, 0.15) is 32.3 Å². The molecule has 0 saturated carbocycles. The van der Waals surface area contributed by atoms with E-state index >= 15 is 0 Å². The highest BCUT2D eigenvalue weighted by atomic mass is 16.5. The summed E-state index contributed by atoms with van der Waals surface area (Å²) in [6, 6.07) is 9.34. The van der Waals surface area contributed by atoms with Crippen LogP contribution >= 0.6 is 0 Å². The molecule has 80 valence electrons. The zero-order chi connectivity index (χ0) is 11.1. The van der Waals surface area contributed by atoms with Gasteiger partial charge < -0.3 is 4.74 Å². The third-order valence-electron chi connectivity index (χ3n) is 2.62. The Morgan fingerprint density at radius 3 is 2.27 bits per heavy atom. The molecule has 0 aliphatic heterocycles. The van der Waals surface area contributed by atoms with Crippen LogP contribution in [0.3, 0.4) is 0 Å². The maximum atomic E-state index is 8.63. The van der Waals surface area contributed by atoms with E-state index in [-0.39, 0.29) is 0 Å². The van der Waals surface area contributed by atoms with E-state index in [1.807, 2.05) is 12.1 Å². The van der Waals surface area contributed by atoms with Gasteiger partial charge in [-0.15, -0.1) is 0 Å². The third kappa shape index (κ3) is 3.63. The first kappa shape index (κ1) is 11.6. The van der Waals surface area contributed by atoms with Crippen LogP contribution in [0.15, 0.2) is 24.3 Å². The largest absolute Gasteiger partial charge is 0.493 e. The summed E-state index contributed by atoms with van der Waals surface area (Å²) in [5, 5.41) is 8.63. The van der Waals surface area contributed by atoms with Crippen molar-refractivity contribution in [3.63, 3.8) is 0 Å². The van der Waals surface area contributed by atoms with Crippen LogP contribution < -0.4 is 4.74 Å². The fourth-order valence-corrected chi connectivity index (χ4v) is 1.36. The van der Waals surface area contributed by atoms with Crippen LogP contribution in [0.25, 0.3) is 0 Å². The molecule has 0 radical (unpaired) electrons. The van der Waals surface area contributed by atoms with E-state index in [1.54, 1.807) is 12.1 Å². The van der Waals surface area contributed by atoms with Gasteiger partial charge >= 0.3 is 0 Å². The molecule has 0 aliphatic rings. The Balaban J connectivity index is 2.48. The maximum Gasteiger partial charge on any atom is 0.119 e. The van der Waals surface area contributed by atoms with Gasteiger partial charge in [0.15, 0.2) is 0 Å². The Bertz CT molecular complexity index is 319. The molecule has 0 atom stereocenters. The topological polar surface area (TPSA) is 33.0 Å². The fourth-order valence-electron chi connectivity index (χ4n) is 1.36. The van der Waals surface area contributed by atoms with Crippen LogP contribution in [0, 0.1) is 17.2 Å². The number of hydrogen-bond acceptors (Lipinski definition) is 2. The Kier molecular flexibility index (Phi) is 4.70. The molecule has 0 heterocycles. The first-order valence-electron chi connectivity index (χ1n) is 5.43. The molecule has 0 aliphatic carbocycles. The van der Waals surface area contributed by atoms with Crippen molar-refractivity contribution in [1.29, 1.82) is 5.26 Å². The lowest BCUT2D eigenvalue weighted by Crippen LogP contribution is -2.09. The van der Waals surface area contributed by atoms with Crippen molar-refractivity contribution >= 4 is 0 Å². The molecule has 2 nitrogen and oxygen atoms in total. The van der Waals surface area contributed by atoms with Crippen LogP contribution in [0.2, 0.25) is 0 Å². The normalized spacial score (nSPS) is 10.0. The molecule has 0 fully saturated rings. The van der Waals surface area contributed by atoms with Gasteiger partial charge in [0.05, 0.1) is 18.2 Å². The quantitative estimate of drug-likeness (QED) is 0.735. The molecule has 0 N–H and O–H groups in total. The molecule has 1 aromatic rings. The van der Waals surface area contributed by atoms with Crippen molar-refractivity contribution in [3.05, 3.63) is 29.8 Å². The Morgan fingerprint density at radius 1 is 1.20 bits per heavy atom. The van der Waals surface area contributed by atoms with Gasteiger partial charge in [-0.25, -0.2) is 0 Å². The Labute approximate surface area is 91.5 Å². The van der Waals surface area contributed by atoms with E-state index in [4.69, 9.17) is 10.00 Å². The van der Waals surface area contributed by atoms with Gasteiger partial charge in [-0.3, -0.25) is 0 Å². The monoisotopic (exact) mass is 203 g/mol. The van der Waals surface area contributed by atoms with Crippen molar-refractivity contribution in [3.8, 4) is 11.8 Å². The van der Waals surface area contributed by atoms with E-state index in [1.165, 1.54) is 0 Å². The Morgan fingerprint density at radius 2 is 1.80 bits per heavy atom. The zero-order valence-corrected chi connectivity index (χ0v) is 9.36. The molecule has 1 aromatic carbocycles. The molecule has 0 bridgehead atoms. The zero-order valence-electron chi connectivity index (χ0n) is 9.36. The van der Waals surface area contributed by atoms with E-state index in [9.17, 15) is 0 Å². The number of ether oxygens (including phenoxy) is 1. The molecule has 0 aromatic heterocycles. The van der Waals surface area contributed by atoms with Gasteiger partial charge in [0.25, 0.3) is 0 Å². The average molecular weight is 203 g/mol. The van der Waals surface area contributed by atoms with Crippen molar-refractivity contribution < 1.29 is 4.74 Å². The standard InChI is InChI=1S/C13H17NO/c1-3-11(4-2)10-15-13-7-5-12(9-14)6-8-13/h5-8,11H,3-4,10H2,1-2H3. The number of hydrogen-bond donors (Lipinski definition) is 0. The van der Waals surface area contributed by atoms with E-state index < -0.39 is 0 Å². The summed E-state index contributed by atoms with van der Waals surface area (Å²) in [5.74, 6) is 1.47. The second kappa shape index (κ2) is 6.08. The third-order valence-corrected chi connectivity index (χ3v) is 2.62. The fraction of sp³-hybridized carbons (Fsp3) is 0.462. The molecule has 0 amide bonds. The minimum absolute atomic E-state index is 0.626. The SMILES string of the molecule is CCC(CC)COc1ccc(C#N)cc1. The predicted octanol–water partition coefficient (Wildman–Crippen LogP) is 3.37. The summed E-state index contributed by atoms with van der Waals surface area (Å²) in [4.78, 5) is 0. The lowest BCUT2D eigenvalue weighted by Gasteiger charge is -2.13. The van der Waals surface area contributed by atoms with Crippen molar-refractivity contribution in [2.24, 2.45) is 5.92 Å². The maximum absolute atomic E-state index is 8.63. The summed E-state index contributed by atoms with van der Waals surface area (Å²) in [5.41, 5.74) is 0.671. The van der Waals surface area contributed by atoms with Crippen LogP contribution in [0.5, 0.6) is 5.75 Å².